The highest BCUT2D eigenvalue weighted by molar-refractivity contribution is 5.90. The molecule has 0 saturated carbocycles. The molecule has 1 aromatic heterocycles. The molecule has 0 atom stereocenters. The first-order chi connectivity index (χ1) is 7.68. The quantitative estimate of drug-likeness (QED) is 0.764. The van der Waals surface area contributed by atoms with Gasteiger partial charge in [-0.3, -0.25) is 9.89 Å². The summed E-state index contributed by atoms with van der Waals surface area (Å²) in [7, 11) is 3.94. The van der Waals surface area contributed by atoms with Crippen LogP contribution in [0.2, 0.25) is 0 Å². The lowest BCUT2D eigenvalue weighted by Gasteiger charge is -2.34. The number of carbonyl (C=O) groups excluding carboxylic acids is 1. The Hall–Kier alpha value is -1.43. The van der Waals surface area contributed by atoms with Crippen molar-refractivity contribution in [3.05, 3.63) is 12.2 Å². The van der Waals surface area contributed by atoms with Crippen LogP contribution >= 0.6 is 0 Å². The van der Waals surface area contributed by atoms with Crippen LogP contribution in [0.25, 0.3) is 0 Å². The van der Waals surface area contributed by atoms with Gasteiger partial charge in [0.25, 0.3) is 5.91 Å². The monoisotopic (exact) mass is 223 g/mol. The van der Waals surface area contributed by atoms with E-state index in [0.29, 0.717) is 11.9 Å². The maximum Gasteiger partial charge on any atom is 0.291 e. The van der Waals surface area contributed by atoms with Gasteiger partial charge in [0, 0.05) is 13.1 Å². The maximum absolute atomic E-state index is 12.0. The topological polar surface area (TPSA) is 65.1 Å². The second kappa shape index (κ2) is 4.61. The fourth-order valence-corrected chi connectivity index (χ4v) is 2.02. The van der Waals surface area contributed by atoms with Crippen molar-refractivity contribution in [1.29, 1.82) is 0 Å². The molecule has 6 heteroatoms. The zero-order valence-electron chi connectivity index (χ0n) is 9.68. The molecule has 1 fully saturated rings. The van der Waals surface area contributed by atoms with E-state index in [1.807, 2.05) is 7.05 Å². The Bertz CT molecular complexity index is 342. The van der Waals surface area contributed by atoms with Gasteiger partial charge in [-0.05, 0) is 33.0 Å². The van der Waals surface area contributed by atoms with Crippen LogP contribution in [0.5, 0.6) is 0 Å². The van der Waals surface area contributed by atoms with E-state index in [9.17, 15) is 4.79 Å². The van der Waals surface area contributed by atoms with Crippen molar-refractivity contribution < 1.29 is 4.79 Å². The Labute approximate surface area is 94.6 Å². The zero-order chi connectivity index (χ0) is 11.5. The van der Waals surface area contributed by atoms with Crippen molar-refractivity contribution >= 4 is 5.91 Å². The van der Waals surface area contributed by atoms with Gasteiger partial charge < -0.3 is 9.80 Å². The van der Waals surface area contributed by atoms with Crippen molar-refractivity contribution in [3.8, 4) is 0 Å². The van der Waals surface area contributed by atoms with Crippen molar-refractivity contribution in [2.45, 2.75) is 18.9 Å². The molecule has 0 radical (unpaired) electrons. The standard InChI is InChI=1S/C10H17N5O/c1-14-5-3-8(4-6-14)15(2)10(16)9-11-7-12-13-9/h7-8H,3-6H2,1-2H3,(H,11,12,13). The number of nitrogens with zero attached hydrogens (tertiary/aromatic N) is 4. The van der Waals surface area contributed by atoms with Crippen molar-refractivity contribution in [2.75, 3.05) is 27.2 Å². The lowest BCUT2D eigenvalue weighted by molar-refractivity contribution is 0.0648. The molecular weight excluding hydrogens is 206 g/mol. The second-order valence-corrected chi connectivity index (χ2v) is 4.28. The number of aromatic nitrogens is 3. The van der Waals surface area contributed by atoms with Crippen LogP contribution in [0.15, 0.2) is 6.33 Å². The van der Waals surface area contributed by atoms with E-state index in [-0.39, 0.29) is 5.91 Å². The van der Waals surface area contributed by atoms with Gasteiger partial charge in [-0.15, -0.1) is 0 Å². The largest absolute Gasteiger partial charge is 0.336 e. The van der Waals surface area contributed by atoms with Crippen LogP contribution in [0.4, 0.5) is 0 Å². The summed E-state index contributed by atoms with van der Waals surface area (Å²) in [6, 6.07) is 0.314. The Balaban J connectivity index is 1.97. The molecule has 6 nitrogen and oxygen atoms in total. The van der Waals surface area contributed by atoms with Gasteiger partial charge in [0.15, 0.2) is 0 Å². The summed E-state index contributed by atoms with van der Waals surface area (Å²) in [6.45, 7) is 2.08. The predicted molar refractivity (Wildman–Crippen MR) is 59.0 cm³/mol. The van der Waals surface area contributed by atoms with E-state index in [1.165, 1.54) is 6.33 Å². The number of likely N-dealkylation sites (tertiary alicyclic amines) is 1. The number of carbonyl (C=O) groups is 1. The van der Waals surface area contributed by atoms with Gasteiger partial charge >= 0.3 is 0 Å². The van der Waals surface area contributed by atoms with Gasteiger partial charge in [0.2, 0.25) is 5.82 Å². The molecule has 0 aliphatic carbocycles. The molecule has 0 unspecified atom stereocenters. The number of H-pyrrole nitrogens is 1. The van der Waals surface area contributed by atoms with E-state index in [4.69, 9.17) is 0 Å². The highest BCUT2D eigenvalue weighted by atomic mass is 16.2. The maximum atomic E-state index is 12.0. The van der Waals surface area contributed by atoms with Gasteiger partial charge in [0.1, 0.15) is 6.33 Å². The Kier molecular flexibility index (Phi) is 3.19. The van der Waals surface area contributed by atoms with Crippen LogP contribution in [0.3, 0.4) is 0 Å². The lowest BCUT2D eigenvalue weighted by Crippen LogP contribution is -2.44. The minimum atomic E-state index is -0.0768. The number of amides is 1. The third kappa shape index (κ3) is 2.21. The normalized spacial score (nSPS) is 18.6. The molecule has 1 N–H and O–H groups in total. The molecule has 0 bridgehead atoms. The SMILES string of the molecule is CN1CCC(N(C)C(=O)c2ncn[nH]2)CC1. The highest BCUT2D eigenvalue weighted by Gasteiger charge is 2.25. The summed E-state index contributed by atoms with van der Waals surface area (Å²) in [5, 5.41) is 6.29. The lowest BCUT2D eigenvalue weighted by atomic mass is 10.0. The van der Waals surface area contributed by atoms with Crippen LogP contribution in [-0.4, -0.2) is 64.1 Å². The third-order valence-corrected chi connectivity index (χ3v) is 3.17. The number of aromatic amines is 1. The first-order valence-electron chi connectivity index (χ1n) is 5.49. The van der Waals surface area contributed by atoms with Crippen molar-refractivity contribution in [2.24, 2.45) is 0 Å². The molecule has 2 rings (SSSR count). The number of hydrogen-bond donors (Lipinski definition) is 1. The summed E-state index contributed by atoms with van der Waals surface area (Å²) < 4.78 is 0. The molecule has 0 aromatic carbocycles. The van der Waals surface area contributed by atoms with Gasteiger partial charge in [0.05, 0.1) is 0 Å². The predicted octanol–water partition coefficient (Wildman–Crippen LogP) is -0.0291. The summed E-state index contributed by atoms with van der Waals surface area (Å²) in [5.41, 5.74) is 0. The van der Waals surface area contributed by atoms with E-state index in [0.717, 1.165) is 25.9 Å². The zero-order valence-corrected chi connectivity index (χ0v) is 9.68. The first-order valence-corrected chi connectivity index (χ1v) is 5.49. The summed E-state index contributed by atoms with van der Waals surface area (Å²) >= 11 is 0. The van der Waals surface area contributed by atoms with E-state index >= 15 is 0 Å². The molecule has 1 aliphatic rings. The third-order valence-electron chi connectivity index (χ3n) is 3.17. The molecule has 1 aromatic rings. The van der Waals surface area contributed by atoms with Crippen LogP contribution in [0.1, 0.15) is 23.5 Å². The average Bonchev–Trinajstić information content (AvgIpc) is 2.81. The molecule has 1 saturated heterocycles. The van der Waals surface area contributed by atoms with Gasteiger partial charge in [-0.2, -0.15) is 5.10 Å². The summed E-state index contributed by atoms with van der Waals surface area (Å²) in [6.07, 6.45) is 3.40. The number of rotatable bonds is 2. The Morgan fingerprint density at radius 2 is 2.25 bits per heavy atom. The highest BCUT2D eigenvalue weighted by Crippen LogP contribution is 2.15. The number of nitrogens with one attached hydrogen (secondary N) is 1. The van der Waals surface area contributed by atoms with Crippen LogP contribution in [0, 0.1) is 0 Å². The average molecular weight is 223 g/mol. The van der Waals surface area contributed by atoms with Crippen molar-refractivity contribution in [1.82, 2.24) is 25.0 Å². The minimum Gasteiger partial charge on any atom is -0.336 e. The Morgan fingerprint density at radius 3 is 2.81 bits per heavy atom. The molecule has 88 valence electrons. The molecule has 0 spiro atoms. The molecule has 1 amide bonds. The van der Waals surface area contributed by atoms with Crippen molar-refractivity contribution in [3.63, 3.8) is 0 Å². The first kappa shape index (κ1) is 11.1. The van der Waals surface area contributed by atoms with Gasteiger partial charge in [-0.25, -0.2) is 4.98 Å². The molecular formula is C10H17N5O. The minimum absolute atomic E-state index is 0.0768. The van der Waals surface area contributed by atoms with E-state index in [1.54, 1.807) is 4.90 Å². The van der Waals surface area contributed by atoms with E-state index < -0.39 is 0 Å². The summed E-state index contributed by atoms with van der Waals surface area (Å²) in [4.78, 5) is 19.9. The molecule has 1 aliphatic heterocycles. The Morgan fingerprint density at radius 1 is 1.56 bits per heavy atom. The number of hydrogen-bond acceptors (Lipinski definition) is 4. The second-order valence-electron chi connectivity index (χ2n) is 4.28. The smallest absolute Gasteiger partial charge is 0.291 e. The molecule has 16 heavy (non-hydrogen) atoms. The van der Waals surface area contributed by atoms with Crippen LogP contribution < -0.4 is 0 Å². The summed E-state index contributed by atoms with van der Waals surface area (Å²) in [5.74, 6) is 0.244. The van der Waals surface area contributed by atoms with E-state index in [2.05, 4.69) is 27.1 Å². The van der Waals surface area contributed by atoms with Crippen LogP contribution in [-0.2, 0) is 0 Å². The fourth-order valence-electron chi connectivity index (χ4n) is 2.02. The number of piperidine rings is 1. The fraction of sp³-hybridized carbons (Fsp3) is 0.700. The van der Waals surface area contributed by atoms with Gasteiger partial charge in [-0.1, -0.05) is 0 Å². The molecule has 2 heterocycles.